The molecule has 2 nitrogen and oxygen atoms in total. The maximum atomic E-state index is 5.37. The molecule has 0 aromatic carbocycles. The molecule has 0 aliphatic heterocycles. The summed E-state index contributed by atoms with van der Waals surface area (Å²) in [5.74, 6) is 0.824. The van der Waals surface area contributed by atoms with Crippen LogP contribution in [0.3, 0.4) is 0 Å². The standard InChI is InChI=1S/C12H25O2.Li/c1-4-7-12(3)8-6-10-14-11-13-9-5-2;/h4,12H,5-11H2,1-3H3;. The molecule has 0 saturated heterocycles. The summed E-state index contributed by atoms with van der Waals surface area (Å²) in [4.78, 5) is 0. The quantitative estimate of drug-likeness (QED) is 0.312. The number of ether oxygens (including phenoxy) is 2. The minimum absolute atomic E-state index is 0.465. The second kappa shape index (κ2) is 11.0. The third-order valence-corrected chi connectivity index (χ3v) is 2.37. The Morgan fingerprint density at radius 1 is 1.13 bits per heavy atom. The van der Waals surface area contributed by atoms with Crippen molar-refractivity contribution in [2.24, 2.45) is 5.92 Å². The average molecular weight is 208 g/mol. The number of rotatable bonds is 10. The van der Waals surface area contributed by atoms with E-state index in [0.717, 1.165) is 36.6 Å². The SMILES string of the molecule is [Li][CH](C)CC(C)CCCOCOCCC. The normalized spacial score (nSPS) is 15.3. The van der Waals surface area contributed by atoms with E-state index in [0.29, 0.717) is 6.79 Å². The molecule has 0 saturated carbocycles. The van der Waals surface area contributed by atoms with Crippen LogP contribution in [-0.4, -0.2) is 37.7 Å². The third kappa shape index (κ3) is 12.4. The van der Waals surface area contributed by atoms with Gasteiger partial charge in [-0.2, -0.15) is 0 Å². The molecule has 0 aromatic heterocycles. The van der Waals surface area contributed by atoms with E-state index in [9.17, 15) is 0 Å². The van der Waals surface area contributed by atoms with Gasteiger partial charge in [0.2, 0.25) is 0 Å². The summed E-state index contributed by atoms with van der Waals surface area (Å²) in [5.41, 5.74) is 0. The predicted octanol–water partition coefficient (Wildman–Crippen LogP) is 3.17. The average Bonchev–Trinajstić information content (AvgIpc) is 2.15. The molecule has 15 heavy (non-hydrogen) atoms. The van der Waals surface area contributed by atoms with Gasteiger partial charge in [-0.25, -0.2) is 0 Å². The van der Waals surface area contributed by atoms with Crippen molar-refractivity contribution in [3.8, 4) is 0 Å². The van der Waals surface area contributed by atoms with Gasteiger partial charge in [0.05, 0.1) is 0 Å². The van der Waals surface area contributed by atoms with Crippen molar-refractivity contribution in [2.75, 3.05) is 20.0 Å². The van der Waals surface area contributed by atoms with Crippen LogP contribution in [0, 0.1) is 5.92 Å². The van der Waals surface area contributed by atoms with E-state index in [4.69, 9.17) is 9.47 Å². The van der Waals surface area contributed by atoms with E-state index in [1.54, 1.807) is 0 Å². The second-order valence-corrected chi connectivity index (χ2v) is 4.81. The van der Waals surface area contributed by atoms with Crippen LogP contribution in [0.5, 0.6) is 0 Å². The van der Waals surface area contributed by atoms with Crippen LogP contribution >= 0.6 is 0 Å². The van der Waals surface area contributed by atoms with Gasteiger partial charge < -0.3 is 0 Å². The van der Waals surface area contributed by atoms with Crippen LogP contribution < -0.4 is 0 Å². The van der Waals surface area contributed by atoms with Gasteiger partial charge in [0.1, 0.15) is 0 Å². The zero-order valence-corrected chi connectivity index (χ0v) is 10.9. The van der Waals surface area contributed by atoms with E-state index >= 15 is 0 Å². The number of hydrogen-bond acceptors (Lipinski definition) is 2. The van der Waals surface area contributed by atoms with Crippen LogP contribution in [0.2, 0.25) is 4.59 Å². The van der Waals surface area contributed by atoms with Gasteiger partial charge in [-0.05, 0) is 0 Å². The first-order valence-corrected chi connectivity index (χ1v) is 6.32. The Labute approximate surface area is 104 Å². The van der Waals surface area contributed by atoms with E-state index < -0.39 is 0 Å². The van der Waals surface area contributed by atoms with E-state index in [1.165, 1.54) is 12.8 Å². The predicted molar refractivity (Wildman–Crippen MR) is 65.3 cm³/mol. The van der Waals surface area contributed by atoms with Gasteiger partial charge in [-0.15, -0.1) is 0 Å². The molecule has 2 unspecified atom stereocenters. The van der Waals surface area contributed by atoms with Crippen molar-refractivity contribution >= 4 is 17.7 Å². The van der Waals surface area contributed by atoms with Crippen LogP contribution in [-0.2, 0) is 9.47 Å². The molecule has 0 aromatic rings. The van der Waals surface area contributed by atoms with E-state index in [-0.39, 0.29) is 0 Å². The van der Waals surface area contributed by atoms with Crippen molar-refractivity contribution < 1.29 is 9.47 Å². The Morgan fingerprint density at radius 2 is 1.80 bits per heavy atom. The van der Waals surface area contributed by atoms with Gasteiger partial charge in [-0.3, -0.25) is 0 Å². The van der Waals surface area contributed by atoms with Crippen molar-refractivity contribution in [3.63, 3.8) is 0 Å². The maximum absolute atomic E-state index is 5.37. The van der Waals surface area contributed by atoms with Gasteiger partial charge in [0, 0.05) is 0 Å². The Bertz CT molecular complexity index is 129. The first-order chi connectivity index (χ1) is 7.16. The molecular formula is C12H25LiO2. The Morgan fingerprint density at radius 3 is 2.40 bits per heavy atom. The molecule has 0 rings (SSSR count). The summed E-state index contributed by atoms with van der Waals surface area (Å²) in [6.07, 6.45) is 4.82. The Balaban J connectivity index is 3.09. The molecule has 0 amide bonds. The zero-order chi connectivity index (χ0) is 11.5. The first kappa shape index (κ1) is 15.5. The molecule has 0 N–H and O–H groups in total. The van der Waals surface area contributed by atoms with Crippen molar-refractivity contribution in [3.05, 3.63) is 0 Å². The molecular weight excluding hydrogens is 183 g/mol. The summed E-state index contributed by atoms with van der Waals surface area (Å²) < 4.78 is 11.4. The van der Waals surface area contributed by atoms with Crippen molar-refractivity contribution in [1.29, 1.82) is 0 Å². The molecule has 3 heteroatoms. The van der Waals surface area contributed by atoms with Crippen LogP contribution in [0.4, 0.5) is 0 Å². The summed E-state index contributed by atoms with van der Waals surface area (Å²) in [6, 6.07) is 0. The van der Waals surface area contributed by atoms with Crippen molar-refractivity contribution in [1.82, 2.24) is 0 Å². The third-order valence-electron chi connectivity index (χ3n) is 2.37. The molecule has 2 atom stereocenters. The van der Waals surface area contributed by atoms with Gasteiger partial charge in [-0.1, -0.05) is 0 Å². The minimum atomic E-state index is 0.465. The van der Waals surface area contributed by atoms with E-state index in [1.807, 2.05) is 0 Å². The molecule has 0 aliphatic rings. The van der Waals surface area contributed by atoms with Crippen LogP contribution in [0.15, 0.2) is 0 Å². The van der Waals surface area contributed by atoms with Crippen LogP contribution in [0.1, 0.15) is 46.5 Å². The Kier molecular flexibility index (Phi) is 11.4. The summed E-state index contributed by atoms with van der Waals surface area (Å²) in [6.45, 7) is 8.83. The molecule has 0 aliphatic carbocycles. The fraction of sp³-hybridized carbons (Fsp3) is 1.00. The van der Waals surface area contributed by atoms with Gasteiger partial charge in [0.15, 0.2) is 0 Å². The summed E-state index contributed by atoms with van der Waals surface area (Å²) >= 11 is 2.28. The van der Waals surface area contributed by atoms with Gasteiger partial charge in [0.25, 0.3) is 0 Å². The molecule has 0 bridgehead atoms. The number of hydrogen-bond donors (Lipinski definition) is 0. The van der Waals surface area contributed by atoms with Crippen LogP contribution in [0.25, 0.3) is 0 Å². The molecule has 0 heterocycles. The topological polar surface area (TPSA) is 18.5 Å². The molecule has 0 spiro atoms. The molecule has 0 radical (unpaired) electrons. The van der Waals surface area contributed by atoms with Crippen molar-refractivity contribution in [2.45, 2.75) is 51.0 Å². The second-order valence-electron chi connectivity index (χ2n) is 4.81. The summed E-state index contributed by atoms with van der Waals surface area (Å²) in [7, 11) is 0. The molecule has 0 fully saturated rings. The van der Waals surface area contributed by atoms with E-state index in [2.05, 4.69) is 38.5 Å². The first-order valence-electron chi connectivity index (χ1n) is 6.32. The molecule has 86 valence electrons. The fourth-order valence-electron chi connectivity index (χ4n) is 1.78. The zero-order valence-electron chi connectivity index (χ0n) is 10.9. The summed E-state index contributed by atoms with van der Waals surface area (Å²) in [5, 5.41) is 0. The Hall–Kier alpha value is 0.517. The fourth-order valence-corrected chi connectivity index (χ4v) is 1.78. The van der Waals surface area contributed by atoms with Gasteiger partial charge >= 0.3 is 104 Å². The monoisotopic (exact) mass is 208 g/mol.